The van der Waals surface area contributed by atoms with Crippen LogP contribution in [0.1, 0.15) is 52.7 Å². The first-order valence-corrected chi connectivity index (χ1v) is 19.5. The van der Waals surface area contributed by atoms with Gasteiger partial charge in [-0.2, -0.15) is 0 Å². The number of alkyl halides is 3. The number of hydrogen-bond acceptors (Lipinski definition) is 5. The molecule has 9 heteroatoms. The third kappa shape index (κ3) is 6.48. The van der Waals surface area contributed by atoms with E-state index in [4.69, 9.17) is 14.7 Å². The number of anilines is 6. The second-order valence-corrected chi connectivity index (χ2v) is 17.0. The first-order valence-electron chi connectivity index (χ1n) is 19.5. The summed E-state index contributed by atoms with van der Waals surface area (Å²) in [6, 6.07) is 43.6. The summed E-state index contributed by atoms with van der Waals surface area (Å²) in [6.07, 6.45) is -1.43. The summed E-state index contributed by atoms with van der Waals surface area (Å²) >= 11 is 0. The number of para-hydroxylation sites is 2. The molecule has 0 N–H and O–H groups in total. The number of aromatic nitrogens is 2. The zero-order valence-corrected chi connectivity index (χ0v) is 33.3. The number of rotatable bonds is 5. The summed E-state index contributed by atoms with van der Waals surface area (Å²) in [5.41, 5.74) is 12.6. The van der Waals surface area contributed by atoms with Crippen molar-refractivity contribution in [2.75, 3.05) is 9.80 Å². The van der Waals surface area contributed by atoms with E-state index < -0.39 is 6.36 Å². The van der Waals surface area contributed by atoms with Crippen molar-refractivity contribution in [3.05, 3.63) is 157 Å². The van der Waals surface area contributed by atoms with Gasteiger partial charge in [0.1, 0.15) is 5.75 Å². The van der Waals surface area contributed by atoms with Crippen molar-refractivity contribution in [1.82, 2.24) is 9.97 Å². The predicted octanol–water partition coefficient (Wildman–Crippen LogP) is 11.4. The third-order valence-electron chi connectivity index (χ3n) is 11.2. The molecule has 0 saturated carbocycles. The van der Waals surface area contributed by atoms with Crippen LogP contribution in [-0.4, -0.2) is 23.0 Å². The lowest BCUT2D eigenvalue weighted by Gasteiger charge is -2.45. The Hall–Kier alpha value is -6.35. The molecule has 58 heavy (non-hydrogen) atoms. The summed E-state index contributed by atoms with van der Waals surface area (Å²) < 4.78 is 48.2. The van der Waals surface area contributed by atoms with Crippen LogP contribution < -0.4 is 30.9 Å². The Kier molecular flexibility index (Phi) is 8.77. The maximum atomic E-state index is 14.4. The standard InChI is InChI=1S/C49H42BF3N4O/c1-47(2,3)31-21-23-42-36(27-31)50-37-28-32(48(4,5)6)22-24-43(37)57(41-20-10-8-16-35(41)39-18-12-14-26-55-39)45-30-33(58-49(51,52)53)29-44(46(45)50)56(42)40-19-9-7-15-34(40)38-17-11-13-25-54-38/h7-30H,1-6H3. The Morgan fingerprint density at radius 2 is 0.914 bits per heavy atom. The van der Waals surface area contributed by atoms with E-state index >= 15 is 0 Å². The molecule has 0 spiro atoms. The molecule has 0 amide bonds. The van der Waals surface area contributed by atoms with E-state index in [9.17, 15) is 13.2 Å². The molecule has 2 aliphatic rings. The molecule has 0 atom stereocenters. The van der Waals surface area contributed by atoms with E-state index in [0.717, 1.165) is 72.8 Å². The van der Waals surface area contributed by atoms with Crippen LogP contribution in [0.4, 0.5) is 47.3 Å². The number of pyridine rings is 2. The third-order valence-corrected chi connectivity index (χ3v) is 11.2. The first kappa shape index (κ1) is 37.2. The van der Waals surface area contributed by atoms with E-state index in [2.05, 4.69) is 87.7 Å². The average molecular weight is 771 g/mol. The monoisotopic (exact) mass is 770 g/mol. The van der Waals surface area contributed by atoms with Crippen LogP contribution in [0.15, 0.2) is 146 Å². The molecular weight excluding hydrogens is 728 g/mol. The molecule has 0 saturated heterocycles. The fourth-order valence-corrected chi connectivity index (χ4v) is 8.44. The number of ether oxygens (including phenoxy) is 1. The zero-order valence-electron chi connectivity index (χ0n) is 33.3. The second kappa shape index (κ2) is 13.6. The molecule has 9 rings (SSSR count). The number of halogens is 3. The molecule has 4 heterocycles. The Bertz CT molecular complexity index is 2510. The highest BCUT2D eigenvalue weighted by atomic mass is 19.4. The quantitative estimate of drug-likeness (QED) is 0.163. The highest BCUT2D eigenvalue weighted by Gasteiger charge is 2.46. The molecule has 2 aromatic heterocycles. The van der Waals surface area contributed by atoms with Crippen molar-refractivity contribution < 1.29 is 17.9 Å². The summed E-state index contributed by atoms with van der Waals surface area (Å²) in [6.45, 7) is 12.9. The molecule has 5 nitrogen and oxygen atoms in total. The lowest BCUT2D eigenvalue weighted by Crippen LogP contribution is -2.61. The molecule has 288 valence electrons. The van der Waals surface area contributed by atoms with Crippen LogP contribution >= 0.6 is 0 Å². The molecule has 0 fully saturated rings. The van der Waals surface area contributed by atoms with E-state index in [1.165, 1.54) is 0 Å². The lowest BCUT2D eigenvalue weighted by atomic mass is 9.33. The van der Waals surface area contributed by atoms with Gasteiger partial charge in [-0.15, -0.1) is 13.2 Å². The van der Waals surface area contributed by atoms with E-state index in [0.29, 0.717) is 11.4 Å². The topological polar surface area (TPSA) is 41.5 Å². The van der Waals surface area contributed by atoms with Gasteiger partial charge < -0.3 is 14.5 Å². The zero-order chi connectivity index (χ0) is 40.6. The number of fused-ring (bicyclic) bond motifs is 4. The SMILES string of the molecule is CC(C)(C)c1ccc2c(c1)B1c3cc(C(C)(C)C)ccc3N(c3ccccc3-c3ccccn3)c3cc(OC(F)(F)F)cc(c31)N2c1ccccc1-c1ccccn1. The van der Waals surface area contributed by atoms with Crippen molar-refractivity contribution in [1.29, 1.82) is 0 Å². The van der Waals surface area contributed by atoms with Gasteiger partial charge in [-0.1, -0.05) is 114 Å². The average Bonchev–Trinajstić information content (AvgIpc) is 3.20. The fraction of sp³-hybridized carbons (Fsp3) is 0.184. The normalized spacial score (nSPS) is 13.5. The van der Waals surface area contributed by atoms with Crippen molar-refractivity contribution in [2.45, 2.75) is 58.7 Å². The van der Waals surface area contributed by atoms with Gasteiger partial charge in [-0.25, -0.2) is 0 Å². The van der Waals surface area contributed by atoms with Gasteiger partial charge in [0.2, 0.25) is 0 Å². The summed E-state index contributed by atoms with van der Waals surface area (Å²) in [7, 11) is 0. The summed E-state index contributed by atoms with van der Waals surface area (Å²) in [5, 5.41) is 0. The van der Waals surface area contributed by atoms with Crippen molar-refractivity contribution >= 4 is 57.2 Å². The molecule has 2 aliphatic heterocycles. The van der Waals surface area contributed by atoms with Crippen molar-refractivity contribution in [3.63, 3.8) is 0 Å². The highest BCUT2D eigenvalue weighted by Crippen LogP contribution is 2.50. The van der Waals surface area contributed by atoms with Crippen LogP contribution in [0, 0.1) is 0 Å². The number of hydrogen-bond donors (Lipinski definition) is 0. The highest BCUT2D eigenvalue weighted by molar-refractivity contribution is 7.00. The Morgan fingerprint density at radius 3 is 1.31 bits per heavy atom. The number of nitrogens with zero attached hydrogens (tertiary/aromatic N) is 4. The van der Waals surface area contributed by atoms with Crippen LogP contribution in [0.3, 0.4) is 0 Å². The molecule has 0 unspecified atom stereocenters. The van der Waals surface area contributed by atoms with Gasteiger partial charge in [0.25, 0.3) is 6.71 Å². The smallest absolute Gasteiger partial charge is 0.406 e. The van der Waals surface area contributed by atoms with E-state index in [-0.39, 0.29) is 23.3 Å². The minimum absolute atomic E-state index is 0.183. The second-order valence-electron chi connectivity index (χ2n) is 17.0. The van der Waals surface area contributed by atoms with Gasteiger partial charge in [0, 0.05) is 58.4 Å². The first-order chi connectivity index (χ1) is 27.7. The molecule has 0 bridgehead atoms. The van der Waals surface area contributed by atoms with Gasteiger partial charge >= 0.3 is 6.36 Å². The predicted molar refractivity (Wildman–Crippen MR) is 231 cm³/mol. The molecule has 7 aromatic rings. The van der Waals surface area contributed by atoms with Crippen LogP contribution in [0.5, 0.6) is 5.75 Å². The molecule has 5 aromatic carbocycles. The van der Waals surface area contributed by atoms with Gasteiger partial charge in [-0.05, 0) is 86.9 Å². The van der Waals surface area contributed by atoms with E-state index in [1.807, 2.05) is 84.9 Å². The molecule has 0 radical (unpaired) electrons. The Morgan fingerprint density at radius 1 is 0.483 bits per heavy atom. The van der Waals surface area contributed by atoms with Gasteiger partial charge in [-0.3, -0.25) is 9.97 Å². The van der Waals surface area contributed by atoms with Crippen molar-refractivity contribution in [3.8, 4) is 28.3 Å². The number of benzene rings is 5. The van der Waals surface area contributed by atoms with Gasteiger partial charge in [0.15, 0.2) is 0 Å². The van der Waals surface area contributed by atoms with Crippen LogP contribution in [0.25, 0.3) is 22.5 Å². The van der Waals surface area contributed by atoms with Crippen LogP contribution in [-0.2, 0) is 10.8 Å². The largest absolute Gasteiger partial charge is 0.573 e. The maximum Gasteiger partial charge on any atom is 0.573 e. The minimum Gasteiger partial charge on any atom is -0.406 e. The Labute approximate surface area is 337 Å². The summed E-state index contributed by atoms with van der Waals surface area (Å²) in [4.78, 5) is 13.7. The molecular formula is C49H42BF3N4O. The van der Waals surface area contributed by atoms with Gasteiger partial charge in [0.05, 0.1) is 22.8 Å². The fourth-order valence-electron chi connectivity index (χ4n) is 8.44. The summed E-state index contributed by atoms with van der Waals surface area (Å²) in [5.74, 6) is -0.315. The van der Waals surface area contributed by atoms with Crippen LogP contribution in [0.2, 0.25) is 0 Å². The minimum atomic E-state index is -4.93. The van der Waals surface area contributed by atoms with E-state index in [1.54, 1.807) is 24.5 Å². The van der Waals surface area contributed by atoms with Crippen molar-refractivity contribution in [2.24, 2.45) is 0 Å². The Balaban J connectivity index is 1.44. The molecule has 0 aliphatic carbocycles. The lowest BCUT2D eigenvalue weighted by molar-refractivity contribution is -0.274. The maximum absolute atomic E-state index is 14.4.